The largest absolute Gasteiger partial charge is 0.261 e. The van der Waals surface area contributed by atoms with Crippen LogP contribution < -0.4 is 0 Å². The van der Waals surface area contributed by atoms with Crippen LogP contribution in [0, 0.1) is 13.8 Å². The Morgan fingerprint density at radius 3 is 2.41 bits per heavy atom. The summed E-state index contributed by atoms with van der Waals surface area (Å²) in [6.45, 7) is 4.23. The third kappa shape index (κ3) is 3.34. The van der Waals surface area contributed by atoms with Crippen LogP contribution in [0.15, 0.2) is 73.1 Å². The number of nitrogens with zero attached hydrogens (tertiary/aromatic N) is 2. The molecule has 0 spiro atoms. The lowest BCUT2D eigenvalue weighted by atomic mass is 10.0. The van der Waals surface area contributed by atoms with E-state index in [2.05, 4.69) is 79.6 Å². The van der Waals surface area contributed by atoms with E-state index in [1.807, 2.05) is 23.1 Å². The Hall–Kier alpha value is -2.61. The zero-order valence-electron chi connectivity index (χ0n) is 13.0. The van der Waals surface area contributed by atoms with Gasteiger partial charge < -0.3 is 0 Å². The monoisotopic (exact) mass is 288 g/mol. The number of rotatable bonds is 4. The van der Waals surface area contributed by atoms with Crippen molar-refractivity contribution in [2.24, 2.45) is 0 Å². The van der Waals surface area contributed by atoms with E-state index in [0.717, 1.165) is 0 Å². The molecule has 0 aliphatic carbocycles. The molecule has 0 radical (unpaired) electrons. The second-order valence-electron chi connectivity index (χ2n) is 5.62. The minimum Gasteiger partial charge on any atom is -0.261 e. The SMILES string of the molecule is Cc1cccc(/C=C/C(c2cccc(C)c2)n2cccn2)c1. The lowest BCUT2D eigenvalue weighted by molar-refractivity contribution is 0.613. The highest BCUT2D eigenvalue weighted by atomic mass is 15.3. The van der Waals surface area contributed by atoms with Gasteiger partial charge in [-0.1, -0.05) is 71.8 Å². The molecule has 0 fully saturated rings. The van der Waals surface area contributed by atoms with Crippen molar-refractivity contribution in [2.45, 2.75) is 19.9 Å². The fraction of sp³-hybridized carbons (Fsp3) is 0.150. The van der Waals surface area contributed by atoms with E-state index >= 15 is 0 Å². The summed E-state index contributed by atoms with van der Waals surface area (Å²) >= 11 is 0. The first kappa shape index (κ1) is 14.3. The van der Waals surface area contributed by atoms with Gasteiger partial charge in [0.2, 0.25) is 0 Å². The summed E-state index contributed by atoms with van der Waals surface area (Å²) in [4.78, 5) is 0. The molecule has 2 nitrogen and oxygen atoms in total. The maximum Gasteiger partial charge on any atom is 0.0952 e. The Balaban J connectivity index is 1.96. The molecule has 1 unspecified atom stereocenters. The van der Waals surface area contributed by atoms with Gasteiger partial charge in [0.1, 0.15) is 0 Å². The Morgan fingerprint density at radius 2 is 1.73 bits per heavy atom. The average molecular weight is 288 g/mol. The zero-order valence-corrected chi connectivity index (χ0v) is 13.0. The highest BCUT2D eigenvalue weighted by Gasteiger charge is 2.10. The van der Waals surface area contributed by atoms with Crippen LogP contribution in [0.3, 0.4) is 0 Å². The van der Waals surface area contributed by atoms with Crippen molar-refractivity contribution in [1.29, 1.82) is 0 Å². The van der Waals surface area contributed by atoms with E-state index in [9.17, 15) is 0 Å². The van der Waals surface area contributed by atoms with Crippen LogP contribution in [0.5, 0.6) is 0 Å². The molecule has 3 aromatic rings. The topological polar surface area (TPSA) is 17.8 Å². The third-order valence-electron chi connectivity index (χ3n) is 3.71. The molecular weight excluding hydrogens is 268 g/mol. The summed E-state index contributed by atoms with van der Waals surface area (Å²) in [5, 5.41) is 4.42. The summed E-state index contributed by atoms with van der Waals surface area (Å²) in [5.41, 5.74) is 4.99. The van der Waals surface area contributed by atoms with Crippen LogP contribution >= 0.6 is 0 Å². The van der Waals surface area contributed by atoms with Gasteiger partial charge >= 0.3 is 0 Å². The van der Waals surface area contributed by atoms with Gasteiger partial charge in [0, 0.05) is 12.4 Å². The van der Waals surface area contributed by atoms with Gasteiger partial charge in [-0.05, 0) is 31.0 Å². The molecule has 0 aliphatic rings. The summed E-state index contributed by atoms with van der Waals surface area (Å²) in [6, 6.07) is 19.2. The highest BCUT2D eigenvalue weighted by molar-refractivity contribution is 5.52. The van der Waals surface area contributed by atoms with E-state index in [1.165, 1.54) is 22.3 Å². The number of aryl methyl sites for hydroxylation is 2. The van der Waals surface area contributed by atoms with Crippen molar-refractivity contribution in [3.8, 4) is 0 Å². The van der Waals surface area contributed by atoms with Crippen LogP contribution in [0.2, 0.25) is 0 Å². The smallest absolute Gasteiger partial charge is 0.0952 e. The molecule has 3 rings (SSSR count). The first-order valence-electron chi connectivity index (χ1n) is 7.53. The summed E-state index contributed by atoms with van der Waals surface area (Å²) in [5.74, 6) is 0. The van der Waals surface area contributed by atoms with E-state index in [1.54, 1.807) is 0 Å². The van der Waals surface area contributed by atoms with Crippen LogP contribution in [0.4, 0.5) is 0 Å². The van der Waals surface area contributed by atoms with E-state index in [0.29, 0.717) is 0 Å². The Kier molecular flexibility index (Phi) is 4.19. The van der Waals surface area contributed by atoms with Crippen LogP contribution in [-0.2, 0) is 0 Å². The molecule has 2 heteroatoms. The van der Waals surface area contributed by atoms with Gasteiger partial charge in [-0.25, -0.2) is 0 Å². The van der Waals surface area contributed by atoms with Gasteiger partial charge in [-0.2, -0.15) is 5.10 Å². The predicted octanol–water partition coefficient (Wildman–Crippen LogP) is 4.80. The molecule has 1 atom stereocenters. The average Bonchev–Trinajstić information content (AvgIpc) is 3.02. The maximum absolute atomic E-state index is 4.42. The molecule has 22 heavy (non-hydrogen) atoms. The van der Waals surface area contributed by atoms with E-state index in [4.69, 9.17) is 0 Å². The second-order valence-corrected chi connectivity index (χ2v) is 5.62. The first-order valence-corrected chi connectivity index (χ1v) is 7.53. The van der Waals surface area contributed by atoms with Crippen molar-refractivity contribution >= 4 is 6.08 Å². The van der Waals surface area contributed by atoms with E-state index < -0.39 is 0 Å². The van der Waals surface area contributed by atoms with Crippen LogP contribution in [-0.4, -0.2) is 9.78 Å². The van der Waals surface area contributed by atoms with Gasteiger partial charge in [0.15, 0.2) is 0 Å². The van der Waals surface area contributed by atoms with Gasteiger partial charge in [-0.15, -0.1) is 0 Å². The Bertz CT molecular complexity index is 770. The number of allylic oxidation sites excluding steroid dienone is 1. The molecule has 0 saturated carbocycles. The van der Waals surface area contributed by atoms with Crippen molar-refractivity contribution in [2.75, 3.05) is 0 Å². The number of hydrogen-bond donors (Lipinski definition) is 0. The quantitative estimate of drug-likeness (QED) is 0.674. The molecule has 110 valence electrons. The number of benzene rings is 2. The summed E-state index contributed by atoms with van der Waals surface area (Å²) < 4.78 is 1.99. The first-order chi connectivity index (χ1) is 10.7. The lowest BCUT2D eigenvalue weighted by Gasteiger charge is -2.15. The Labute approximate surface area is 131 Å². The standard InChI is InChI=1S/C20H20N2/c1-16-6-3-8-18(14-16)10-11-20(22-13-5-12-21-22)19-9-4-7-17(2)15-19/h3-15,20H,1-2H3/b11-10+. The van der Waals surface area contributed by atoms with Gasteiger partial charge in [-0.3, -0.25) is 4.68 Å². The molecule has 0 amide bonds. The van der Waals surface area contributed by atoms with Crippen molar-refractivity contribution in [3.05, 3.63) is 95.3 Å². The molecule has 0 saturated heterocycles. The zero-order chi connectivity index (χ0) is 15.4. The number of hydrogen-bond acceptors (Lipinski definition) is 1. The minimum atomic E-state index is 0.107. The fourth-order valence-corrected chi connectivity index (χ4v) is 2.63. The van der Waals surface area contributed by atoms with Crippen molar-refractivity contribution in [1.82, 2.24) is 9.78 Å². The van der Waals surface area contributed by atoms with Gasteiger partial charge in [0.25, 0.3) is 0 Å². The molecule has 1 heterocycles. The molecular formula is C20H20N2. The van der Waals surface area contributed by atoms with Crippen LogP contribution in [0.25, 0.3) is 6.08 Å². The van der Waals surface area contributed by atoms with E-state index in [-0.39, 0.29) is 6.04 Å². The minimum absolute atomic E-state index is 0.107. The van der Waals surface area contributed by atoms with Gasteiger partial charge in [0.05, 0.1) is 6.04 Å². The second kappa shape index (κ2) is 6.44. The van der Waals surface area contributed by atoms with Crippen LogP contribution in [0.1, 0.15) is 28.3 Å². The highest BCUT2D eigenvalue weighted by Crippen LogP contribution is 2.21. The Morgan fingerprint density at radius 1 is 0.955 bits per heavy atom. The van der Waals surface area contributed by atoms with Crippen molar-refractivity contribution in [3.63, 3.8) is 0 Å². The molecule has 0 aliphatic heterocycles. The summed E-state index contributed by atoms with van der Waals surface area (Å²) in [7, 11) is 0. The molecule has 0 N–H and O–H groups in total. The van der Waals surface area contributed by atoms with Crippen molar-refractivity contribution < 1.29 is 0 Å². The normalized spacial score (nSPS) is 12.6. The number of aromatic nitrogens is 2. The third-order valence-corrected chi connectivity index (χ3v) is 3.71. The fourth-order valence-electron chi connectivity index (χ4n) is 2.63. The summed E-state index contributed by atoms with van der Waals surface area (Å²) in [6.07, 6.45) is 8.20. The lowest BCUT2D eigenvalue weighted by Crippen LogP contribution is -2.08. The molecule has 0 bridgehead atoms. The molecule has 1 aromatic heterocycles. The predicted molar refractivity (Wildman–Crippen MR) is 91.8 cm³/mol. The maximum atomic E-state index is 4.42. The molecule has 2 aromatic carbocycles.